The smallest absolute Gasteiger partial charge is 0.145 e. The molecule has 0 saturated carbocycles. The van der Waals surface area contributed by atoms with Gasteiger partial charge in [0.25, 0.3) is 0 Å². The first-order chi connectivity index (χ1) is 10.8. The number of aryl methyl sites for hydroxylation is 1. The largest absolute Gasteiger partial charge is 0.491 e. The summed E-state index contributed by atoms with van der Waals surface area (Å²) in [6.07, 6.45) is 3.08. The minimum Gasteiger partial charge on any atom is -0.491 e. The molecule has 2 aromatic heterocycles. The number of rotatable bonds is 5. The lowest BCUT2D eigenvalue weighted by Crippen LogP contribution is -2.03. The van der Waals surface area contributed by atoms with E-state index < -0.39 is 0 Å². The van der Waals surface area contributed by atoms with E-state index in [0.717, 1.165) is 29.2 Å². The first-order valence-electron chi connectivity index (χ1n) is 7.30. The monoisotopic (exact) mass is 291 g/mol. The number of hydrogen-bond donors (Lipinski definition) is 0. The van der Waals surface area contributed by atoms with Gasteiger partial charge in [-0.15, -0.1) is 0 Å². The van der Waals surface area contributed by atoms with Crippen molar-refractivity contribution >= 4 is 5.52 Å². The molecule has 110 valence electrons. The maximum Gasteiger partial charge on any atom is 0.145 e. The Morgan fingerprint density at radius 1 is 1.18 bits per heavy atom. The first kappa shape index (κ1) is 14.2. The Labute approximate surface area is 129 Å². The number of aromatic nitrogens is 2. The van der Waals surface area contributed by atoms with Crippen LogP contribution < -0.4 is 4.74 Å². The summed E-state index contributed by atoms with van der Waals surface area (Å²) in [4.78, 5) is 4.47. The second-order valence-electron chi connectivity index (χ2n) is 5.12. The van der Waals surface area contributed by atoms with Crippen LogP contribution in [0.3, 0.4) is 0 Å². The summed E-state index contributed by atoms with van der Waals surface area (Å²) in [5.74, 6) is 1.57. The molecule has 4 heteroatoms. The van der Waals surface area contributed by atoms with Gasteiger partial charge in [-0.05, 0) is 24.6 Å². The molecule has 0 aliphatic heterocycles. The normalized spacial score (nSPS) is 10.5. The van der Waals surface area contributed by atoms with Crippen LogP contribution in [0.5, 0.6) is 5.75 Å². The van der Waals surface area contributed by atoms with E-state index in [4.69, 9.17) is 10.00 Å². The van der Waals surface area contributed by atoms with Gasteiger partial charge in [-0.1, -0.05) is 30.3 Å². The lowest BCUT2D eigenvalue weighted by molar-refractivity contribution is 0.324. The lowest BCUT2D eigenvalue weighted by Gasteiger charge is -2.09. The highest BCUT2D eigenvalue weighted by molar-refractivity contribution is 5.64. The zero-order valence-corrected chi connectivity index (χ0v) is 12.5. The van der Waals surface area contributed by atoms with Gasteiger partial charge in [0.2, 0.25) is 0 Å². The van der Waals surface area contributed by atoms with Crippen LogP contribution in [0.15, 0.2) is 48.7 Å². The van der Waals surface area contributed by atoms with Gasteiger partial charge in [0.15, 0.2) is 0 Å². The molecule has 0 radical (unpaired) electrons. The summed E-state index contributed by atoms with van der Waals surface area (Å²) < 4.78 is 7.89. The molecular formula is C18H17N3O. The molecule has 0 unspecified atom stereocenters. The number of fused-ring (bicyclic) bond motifs is 1. The zero-order chi connectivity index (χ0) is 15.4. The first-order valence-corrected chi connectivity index (χ1v) is 7.30. The molecule has 0 bridgehead atoms. The van der Waals surface area contributed by atoms with E-state index in [1.54, 1.807) is 0 Å². The predicted molar refractivity (Wildman–Crippen MR) is 84.9 cm³/mol. The van der Waals surface area contributed by atoms with Gasteiger partial charge in [0, 0.05) is 12.6 Å². The van der Waals surface area contributed by atoms with Crippen molar-refractivity contribution in [2.75, 3.05) is 6.61 Å². The van der Waals surface area contributed by atoms with Crippen LogP contribution in [0.4, 0.5) is 0 Å². The Balaban J connectivity index is 1.81. The van der Waals surface area contributed by atoms with E-state index in [0.29, 0.717) is 13.0 Å². The standard InChI is InChI=1S/C18H17N3O/c1-14-18-16(22-13-10-15-6-3-2-4-7-15)8-5-12-21(18)17(20-14)9-11-19/h2-8,12H,9-10,13H2,1H3. The number of benzene rings is 1. The molecule has 0 aliphatic carbocycles. The molecule has 0 amide bonds. The SMILES string of the molecule is Cc1nc(CC#N)n2cccc(OCCc3ccccc3)c12. The molecule has 2 heterocycles. The molecule has 4 nitrogen and oxygen atoms in total. The number of pyridine rings is 1. The van der Waals surface area contributed by atoms with E-state index in [2.05, 4.69) is 23.2 Å². The topological polar surface area (TPSA) is 50.3 Å². The third-order valence-corrected chi connectivity index (χ3v) is 3.60. The van der Waals surface area contributed by atoms with Crippen LogP contribution in [-0.2, 0) is 12.8 Å². The van der Waals surface area contributed by atoms with Gasteiger partial charge in [0.05, 0.1) is 24.8 Å². The highest BCUT2D eigenvalue weighted by Crippen LogP contribution is 2.24. The minimum atomic E-state index is 0.294. The maximum absolute atomic E-state index is 8.89. The van der Waals surface area contributed by atoms with E-state index in [-0.39, 0.29) is 0 Å². The Kier molecular flexibility index (Phi) is 4.06. The Bertz CT molecular complexity index is 815. The van der Waals surface area contributed by atoms with Crippen LogP contribution in [0.1, 0.15) is 17.1 Å². The molecule has 0 fully saturated rings. The Morgan fingerprint density at radius 3 is 2.77 bits per heavy atom. The summed E-state index contributed by atoms with van der Waals surface area (Å²) >= 11 is 0. The lowest BCUT2D eigenvalue weighted by atomic mass is 10.2. The number of nitrogens with zero attached hydrogens (tertiary/aromatic N) is 3. The van der Waals surface area contributed by atoms with Gasteiger partial charge < -0.3 is 4.74 Å². The Morgan fingerprint density at radius 2 is 2.00 bits per heavy atom. The third kappa shape index (κ3) is 2.79. The molecule has 3 rings (SSSR count). The zero-order valence-electron chi connectivity index (χ0n) is 12.5. The van der Waals surface area contributed by atoms with Crippen LogP contribution >= 0.6 is 0 Å². The molecule has 0 atom stereocenters. The molecular weight excluding hydrogens is 274 g/mol. The van der Waals surface area contributed by atoms with Gasteiger partial charge >= 0.3 is 0 Å². The van der Waals surface area contributed by atoms with E-state index >= 15 is 0 Å². The van der Waals surface area contributed by atoms with Gasteiger partial charge in [-0.2, -0.15) is 5.26 Å². The minimum absolute atomic E-state index is 0.294. The van der Waals surface area contributed by atoms with Crippen molar-refractivity contribution in [1.82, 2.24) is 9.38 Å². The summed E-state index contributed by atoms with van der Waals surface area (Å²) in [6, 6.07) is 16.3. The van der Waals surface area contributed by atoms with Gasteiger partial charge in [0.1, 0.15) is 17.1 Å². The summed E-state index contributed by atoms with van der Waals surface area (Å²) in [7, 11) is 0. The van der Waals surface area contributed by atoms with Crippen LogP contribution in [0.25, 0.3) is 5.52 Å². The van der Waals surface area contributed by atoms with E-state index in [1.807, 2.05) is 47.9 Å². The fraction of sp³-hybridized carbons (Fsp3) is 0.222. The van der Waals surface area contributed by atoms with Crippen LogP contribution in [0.2, 0.25) is 0 Å². The van der Waals surface area contributed by atoms with Crippen molar-refractivity contribution in [3.8, 4) is 11.8 Å². The second kappa shape index (κ2) is 6.31. The average Bonchev–Trinajstić information content (AvgIpc) is 2.86. The maximum atomic E-state index is 8.89. The average molecular weight is 291 g/mol. The molecule has 0 aliphatic rings. The van der Waals surface area contributed by atoms with Crippen molar-refractivity contribution in [2.45, 2.75) is 19.8 Å². The Hall–Kier alpha value is -2.80. The number of hydrogen-bond acceptors (Lipinski definition) is 3. The van der Waals surface area contributed by atoms with Crippen molar-refractivity contribution < 1.29 is 4.74 Å². The highest BCUT2D eigenvalue weighted by atomic mass is 16.5. The fourth-order valence-corrected chi connectivity index (χ4v) is 2.59. The molecule has 3 aromatic rings. The van der Waals surface area contributed by atoms with Crippen LogP contribution in [0, 0.1) is 18.3 Å². The fourth-order valence-electron chi connectivity index (χ4n) is 2.59. The van der Waals surface area contributed by atoms with Crippen LogP contribution in [-0.4, -0.2) is 16.0 Å². The number of nitriles is 1. The van der Waals surface area contributed by atoms with Crippen molar-refractivity contribution in [3.63, 3.8) is 0 Å². The van der Waals surface area contributed by atoms with Gasteiger partial charge in [-0.3, -0.25) is 4.40 Å². The number of imidazole rings is 1. The molecule has 0 saturated heterocycles. The van der Waals surface area contributed by atoms with Gasteiger partial charge in [-0.25, -0.2) is 4.98 Å². The number of ether oxygens (including phenoxy) is 1. The predicted octanol–water partition coefficient (Wildman–Crippen LogP) is 3.33. The summed E-state index contributed by atoms with van der Waals surface area (Å²) in [5.41, 5.74) is 3.09. The third-order valence-electron chi connectivity index (χ3n) is 3.60. The molecule has 22 heavy (non-hydrogen) atoms. The van der Waals surface area contributed by atoms with Crippen molar-refractivity contribution in [1.29, 1.82) is 5.26 Å². The van der Waals surface area contributed by atoms with E-state index in [1.165, 1.54) is 5.56 Å². The van der Waals surface area contributed by atoms with Crippen molar-refractivity contribution in [3.05, 3.63) is 65.7 Å². The summed E-state index contributed by atoms with van der Waals surface area (Å²) in [5, 5.41) is 8.89. The second-order valence-corrected chi connectivity index (χ2v) is 5.12. The molecule has 1 aromatic carbocycles. The molecule has 0 N–H and O–H groups in total. The quantitative estimate of drug-likeness (QED) is 0.724. The summed E-state index contributed by atoms with van der Waals surface area (Å²) in [6.45, 7) is 2.56. The highest BCUT2D eigenvalue weighted by Gasteiger charge is 2.12. The van der Waals surface area contributed by atoms with E-state index in [9.17, 15) is 0 Å². The van der Waals surface area contributed by atoms with Crippen molar-refractivity contribution in [2.24, 2.45) is 0 Å². The molecule has 0 spiro atoms.